The Balaban J connectivity index is 2.25. The summed E-state index contributed by atoms with van der Waals surface area (Å²) in [6.45, 7) is 5.05. The summed E-state index contributed by atoms with van der Waals surface area (Å²) in [4.78, 5) is 32.4. The second-order valence-electron chi connectivity index (χ2n) is 5.09. The average molecular weight is 311 g/mol. The van der Waals surface area contributed by atoms with Gasteiger partial charge in [0.25, 0.3) is 11.8 Å². The molecule has 2 aromatic rings. The minimum Gasteiger partial charge on any atom is -0.338 e. The lowest BCUT2D eigenvalue weighted by Gasteiger charge is -2.19. The highest BCUT2D eigenvalue weighted by Crippen LogP contribution is 2.14. The van der Waals surface area contributed by atoms with Crippen molar-refractivity contribution in [2.24, 2.45) is 0 Å². The van der Waals surface area contributed by atoms with E-state index in [0.717, 1.165) is 5.69 Å². The van der Waals surface area contributed by atoms with Crippen molar-refractivity contribution in [1.29, 1.82) is 0 Å². The molecule has 2 rings (SSSR count). The van der Waals surface area contributed by atoms with Crippen LogP contribution in [0.4, 0.5) is 5.69 Å². The summed E-state index contributed by atoms with van der Waals surface area (Å²) in [5.74, 6) is -0.405. The third kappa shape index (κ3) is 3.74. The van der Waals surface area contributed by atoms with Crippen LogP contribution in [0.25, 0.3) is 0 Å². The number of hydrogen-bond donors (Lipinski definition) is 0. The van der Waals surface area contributed by atoms with E-state index in [1.54, 1.807) is 30.1 Å². The number of carbonyl (C=O) groups excluding carboxylic acids is 2. The zero-order valence-corrected chi connectivity index (χ0v) is 13.7. The first-order valence-electron chi connectivity index (χ1n) is 7.67. The van der Waals surface area contributed by atoms with Crippen molar-refractivity contribution in [3.63, 3.8) is 0 Å². The molecule has 0 N–H and O–H groups in total. The molecule has 1 aromatic heterocycles. The lowest BCUT2D eigenvalue weighted by Crippen LogP contribution is -2.32. The van der Waals surface area contributed by atoms with E-state index in [1.165, 1.54) is 4.90 Å². The maximum absolute atomic E-state index is 12.6. The van der Waals surface area contributed by atoms with Gasteiger partial charge in [-0.1, -0.05) is 24.3 Å². The number of nitrogens with zero attached hydrogens (tertiary/aromatic N) is 3. The summed E-state index contributed by atoms with van der Waals surface area (Å²) in [6, 6.07) is 14.3. The van der Waals surface area contributed by atoms with E-state index in [4.69, 9.17) is 0 Å². The van der Waals surface area contributed by atoms with Crippen molar-refractivity contribution in [3.8, 4) is 0 Å². The van der Waals surface area contributed by atoms with Crippen molar-refractivity contribution in [1.82, 2.24) is 9.88 Å². The smallest absolute Gasteiger partial charge is 0.276 e. The van der Waals surface area contributed by atoms with Crippen LogP contribution in [-0.4, -0.2) is 41.8 Å². The average Bonchev–Trinajstić information content (AvgIpc) is 2.62. The molecule has 1 heterocycles. The fraction of sp³-hybridized carbons (Fsp3) is 0.278. The van der Waals surface area contributed by atoms with Crippen molar-refractivity contribution >= 4 is 17.5 Å². The lowest BCUT2D eigenvalue weighted by atomic mass is 10.2. The van der Waals surface area contributed by atoms with Gasteiger partial charge >= 0.3 is 0 Å². The molecule has 0 unspecified atom stereocenters. The van der Waals surface area contributed by atoms with Crippen molar-refractivity contribution < 1.29 is 9.59 Å². The Bertz CT molecular complexity index is 682. The molecule has 5 nitrogen and oxygen atoms in total. The van der Waals surface area contributed by atoms with Gasteiger partial charge in [-0.05, 0) is 38.1 Å². The van der Waals surface area contributed by atoms with E-state index in [-0.39, 0.29) is 17.5 Å². The van der Waals surface area contributed by atoms with Gasteiger partial charge in [-0.3, -0.25) is 9.59 Å². The molecule has 0 atom stereocenters. The van der Waals surface area contributed by atoms with E-state index in [2.05, 4.69) is 4.98 Å². The Kier molecular flexibility index (Phi) is 5.46. The second-order valence-corrected chi connectivity index (χ2v) is 5.09. The summed E-state index contributed by atoms with van der Waals surface area (Å²) >= 11 is 0. The third-order valence-electron chi connectivity index (χ3n) is 3.69. The molecule has 23 heavy (non-hydrogen) atoms. The zero-order valence-electron chi connectivity index (χ0n) is 13.7. The minimum absolute atomic E-state index is 0.160. The van der Waals surface area contributed by atoms with Crippen LogP contribution in [0.5, 0.6) is 0 Å². The molecule has 0 aliphatic carbocycles. The molecule has 0 fully saturated rings. The number of amides is 2. The fourth-order valence-corrected chi connectivity index (χ4v) is 2.29. The van der Waals surface area contributed by atoms with E-state index in [0.29, 0.717) is 18.8 Å². The number of anilines is 1. The Hall–Kier alpha value is -2.69. The van der Waals surface area contributed by atoms with Gasteiger partial charge in [0.05, 0.1) is 0 Å². The largest absolute Gasteiger partial charge is 0.338 e. The number of pyridine rings is 1. The molecule has 120 valence electrons. The Morgan fingerprint density at radius 1 is 0.870 bits per heavy atom. The van der Waals surface area contributed by atoms with E-state index >= 15 is 0 Å². The predicted octanol–water partition coefficient (Wildman–Crippen LogP) is 2.84. The number of hydrogen-bond acceptors (Lipinski definition) is 3. The highest BCUT2D eigenvalue weighted by molar-refractivity contribution is 6.05. The van der Waals surface area contributed by atoms with Crippen LogP contribution in [0, 0.1) is 0 Å². The van der Waals surface area contributed by atoms with Crippen LogP contribution >= 0.6 is 0 Å². The van der Waals surface area contributed by atoms with Gasteiger partial charge < -0.3 is 9.80 Å². The summed E-state index contributed by atoms with van der Waals surface area (Å²) in [5.41, 5.74) is 1.33. The number of para-hydroxylation sites is 1. The topological polar surface area (TPSA) is 53.5 Å². The van der Waals surface area contributed by atoms with Crippen LogP contribution in [-0.2, 0) is 0 Å². The minimum atomic E-state index is -0.245. The van der Waals surface area contributed by atoms with Gasteiger partial charge in [0, 0.05) is 25.8 Å². The summed E-state index contributed by atoms with van der Waals surface area (Å²) < 4.78 is 0. The number of carbonyl (C=O) groups is 2. The SMILES string of the molecule is CCN(CC)C(=O)c1cccc(C(=O)N(C)c2ccccc2)n1. The quantitative estimate of drug-likeness (QED) is 0.853. The molecular formula is C18H21N3O2. The standard InChI is InChI=1S/C18H21N3O2/c1-4-21(5-2)18(23)16-13-9-12-15(19-16)17(22)20(3)14-10-7-6-8-11-14/h6-13H,4-5H2,1-3H3. The van der Waals surface area contributed by atoms with Crippen LogP contribution in [0.15, 0.2) is 48.5 Å². The van der Waals surface area contributed by atoms with Gasteiger partial charge in [-0.15, -0.1) is 0 Å². The van der Waals surface area contributed by atoms with E-state index in [1.807, 2.05) is 44.2 Å². The van der Waals surface area contributed by atoms with Gasteiger partial charge in [0.1, 0.15) is 11.4 Å². The summed E-state index contributed by atoms with van der Waals surface area (Å²) in [5, 5.41) is 0. The van der Waals surface area contributed by atoms with Crippen LogP contribution in [0.1, 0.15) is 34.8 Å². The fourth-order valence-electron chi connectivity index (χ4n) is 2.29. The molecule has 0 radical (unpaired) electrons. The Morgan fingerprint density at radius 2 is 1.43 bits per heavy atom. The maximum Gasteiger partial charge on any atom is 0.276 e. The van der Waals surface area contributed by atoms with Crippen molar-refractivity contribution in [2.45, 2.75) is 13.8 Å². The maximum atomic E-state index is 12.6. The Morgan fingerprint density at radius 3 is 2.00 bits per heavy atom. The highest BCUT2D eigenvalue weighted by Gasteiger charge is 2.19. The Labute approximate surface area is 136 Å². The summed E-state index contributed by atoms with van der Waals surface area (Å²) in [6.07, 6.45) is 0. The molecule has 0 saturated carbocycles. The zero-order chi connectivity index (χ0) is 16.8. The first kappa shape index (κ1) is 16.7. The predicted molar refractivity (Wildman–Crippen MR) is 90.7 cm³/mol. The van der Waals surface area contributed by atoms with Crippen molar-refractivity contribution in [3.05, 3.63) is 59.9 Å². The van der Waals surface area contributed by atoms with Gasteiger partial charge in [0.15, 0.2) is 0 Å². The molecular weight excluding hydrogens is 290 g/mol. The first-order valence-corrected chi connectivity index (χ1v) is 7.67. The van der Waals surface area contributed by atoms with Crippen molar-refractivity contribution in [2.75, 3.05) is 25.0 Å². The van der Waals surface area contributed by atoms with Gasteiger partial charge in [-0.25, -0.2) is 4.98 Å². The number of rotatable bonds is 5. The third-order valence-corrected chi connectivity index (χ3v) is 3.69. The van der Waals surface area contributed by atoms with E-state index in [9.17, 15) is 9.59 Å². The van der Waals surface area contributed by atoms with Crippen LogP contribution in [0.2, 0.25) is 0 Å². The van der Waals surface area contributed by atoms with Crippen LogP contribution in [0.3, 0.4) is 0 Å². The first-order chi connectivity index (χ1) is 11.1. The summed E-state index contributed by atoms with van der Waals surface area (Å²) in [7, 11) is 1.69. The highest BCUT2D eigenvalue weighted by atomic mass is 16.2. The molecule has 0 aliphatic heterocycles. The molecule has 0 bridgehead atoms. The van der Waals surface area contributed by atoms with Crippen LogP contribution < -0.4 is 4.90 Å². The number of aromatic nitrogens is 1. The lowest BCUT2D eigenvalue weighted by molar-refractivity contribution is 0.0767. The molecule has 0 saturated heterocycles. The monoisotopic (exact) mass is 311 g/mol. The molecule has 1 aromatic carbocycles. The number of benzene rings is 1. The van der Waals surface area contributed by atoms with Gasteiger partial charge in [0.2, 0.25) is 0 Å². The molecule has 2 amide bonds. The normalized spacial score (nSPS) is 10.2. The van der Waals surface area contributed by atoms with Gasteiger partial charge in [-0.2, -0.15) is 0 Å². The molecule has 5 heteroatoms. The molecule has 0 spiro atoms. The molecule has 0 aliphatic rings. The second kappa shape index (κ2) is 7.54. The van der Waals surface area contributed by atoms with E-state index < -0.39 is 0 Å².